The van der Waals surface area contributed by atoms with E-state index in [4.69, 9.17) is 9.84 Å². The second-order valence-corrected chi connectivity index (χ2v) is 4.70. The average molecular weight is 265 g/mol. The van der Waals surface area contributed by atoms with Gasteiger partial charge in [0, 0.05) is 20.2 Å². The zero-order chi connectivity index (χ0) is 14.3. The van der Waals surface area contributed by atoms with Gasteiger partial charge in [-0.3, -0.25) is 0 Å². The molecule has 1 rings (SSSR count). The maximum absolute atomic E-state index is 10.7. The van der Waals surface area contributed by atoms with E-state index in [9.17, 15) is 4.79 Å². The molecule has 4 heteroatoms. The third kappa shape index (κ3) is 4.33. The molecule has 0 aliphatic carbocycles. The Kier molecular flexibility index (Phi) is 5.99. The highest BCUT2D eigenvalue weighted by atomic mass is 16.5. The molecule has 0 aromatic heterocycles. The van der Waals surface area contributed by atoms with Crippen LogP contribution in [0, 0.1) is 0 Å². The third-order valence-electron chi connectivity index (χ3n) is 3.70. The molecule has 0 atom stereocenters. The van der Waals surface area contributed by atoms with Crippen LogP contribution in [0.2, 0.25) is 0 Å². The Bertz CT molecular complexity index is 388. The summed E-state index contributed by atoms with van der Waals surface area (Å²) >= 11 is 0. The molecule has 0 saturated carbocycles. The van der Waals surface area contributed by atoms with Crippen LogP contribution < -0.4 is 5.32 Å². The summed E-state index contributed by atoms with van der Waals surface area (Å²) in [4.78, 5) is 10.7. The zero-order valence-corrected chi connectivity index (χ0v) is 11.9. The lowest BCUT2D eigenvalue weighted by Crippen LogP contribution is -2.41. The maximum atomic E-state index is 10.7. The van der Waals surface area contributed by atoms with Gasteiger partial charge in [-0.1, -0.05) is 26.0 Å². The molecule has 0 aliphatic rings. The van der Waals surface area contributed by atoms with Gasteiger partial charge in [0.2, 0.25) is 0 Å². The highest BCUT2D eigenvalue weighted by Gasteiger charge is 2.24. The van der Waals surface area contributed by atoms with Crippen molar-refractivity contribution in [3.8, 4) is 0 Å². The Morgan fingerprint density at radius 3 is 2.26 bits per heavy atom. The number of carbonyl (C=O) groups is 1. The third-order valence-corrected chi connectivity index (χ3v) is 3.70. The first-order valence-corrected chi connectivity index (χ1v) is 6.65. The topological polar surface area (TPSA) is 58.6 Å². The Hall–Kier alpha value is -1.39. The summed E-state index contributed by atoms with van der Waals surface area (Å²) < 4.78 is 5.58. The lowest BCUT2D eigenvalue weighted by molar-refractivity contribution is -0.0158. The van der Waals surface area contributed by atoms with E-state index in [0.717, 1.165) is 24.9 Å². The van der Waals surface area contributed by atoms with Crippen molar-refractivity contribution in [1.82, 2.24) is 5.32 Å². The number of carboxylic acids is 1. The quantitative estimate of drug-likeness (QED) is 0.758. The van der Waals surface area contributed by atoms with Crippen LogP contribution in [0.1, 0.15) is 42.6 Å². The summed E-state index contributed by atoms with van der Waals surface area (Å²) in [6.07, 6.45) is 1.93. The van der Waals surface area contributed by atoms with Crippen molar-refractivity contribution in [1.29, 1.82) is 0 Å². The van der Waals surface area contributed by atoms with E-state index in [-0.39, 0.29) is 5.60 Å². The number of ether oxygens (including phenoxy) is 1. The lowest BCUT2D eigenvalue weighted by Gasteiger charge is -2.30. The Balaban J connectivity index is 2.51. The fourth-order valence-corrected chi connectivity index (χ4v) is 2.06. The van der Waals surface area contributed by atoms with E-state index in [1.807, 2.05) is 12.1 Å². The summed E-state index contributed by atoms with van der Waals surface area (Å²) in [5.74, 6) is -0.894. The number of methoxy groups -OCH3 is 1. The van der Waals surface area contributed by atoms with Crippen molar-refractivity contribution in [3.63, 3.8) is 0 Å². The number of benzene rings is 1. The minimum Gasteiger partial charge on any atom is -0.478 e. The van der Waals surface area contributed by atoms with Crippen LogP contribution in [0.5, 0.6) is 0 Å². The van der Waals surface area contributed by atoms with E-state index in [0.29, 0.717) is 12.1 Å². The first-order valence-electron chi connectivity index (χ1n) is 6.65. The molecule has 4 nitrogen and oxygen atoms in total. The molecular weight excluding hydrogens is 242 g/mol. The molecule has 19 heavy (non-hydrogen) atoms. The second kappa shape index (κ2) is 7.26. The molecule has 0 heterocycles. The molecule has 0 spiro atoms. The Labute approximate surface area is 114 Å². The van der Waals surface area contributed by atoms with Crippen molar-refractivity contribution in [2.75, 3.05) is 13.7 Å². The van der Waals surface area contributed by atoms with E-state index in [1.165, 1.54) is 0 Å². The monoisotopic (exact) mass is 265 g/mol. The number of rotatable bonds is 8. The van der Waals surface area contributed by atoms with Crippen molar-refractivity contribution >= 4 is 5.97 Å². The van der Waals surface area contributed by atoms with Gasteiger partial charge in [-0.05, 0) is 30.5 Å². The summed E-state index contributed by atoms with van der Waals surface area (Å²) in [5.41, 5.74) is 1.28. The number of carboxylic acid groups (broad SMARTS) is 1. The van der Waals surface area contributed by atoms with Crippen LogP contribution >= 0.6 is 0 Å². The number of aromatic carboxylic acids is 1. The SMILES string of the molecule is CCC(CC)(CNCc1ccc(C(=O)O)cc1)OC. The number of nitrogens with one attached hydrogen (secondary N) is 1. The average Bonchev–Trinajstić information content (AvgIpc) is 2.45. The van der Waals surface area contributed by atoms with Gasteiger partial charge in [0.1, 0.15) is 0 Å². The summed E-state index contributed by atoms with van der Waals surface area (Å²) in [6.45, 7) is 5.74. The molecule has 0 bridgehead atoms. The molecule has 1 aromatic carbocycles. The number of hydrogen-bond donors (Lipinski definition) is 2. The minimum atomic E-state index is -0.894. The second-order valence-electron chi connectivity index (χ2n) is 4.70. The first-order chi connectivity index (χ1) is 9.06. The van der Waals surface area contributed by atoms with Crippen LogP contribution in [-0.4, -0.2) is 30.3 Å². The van der Waals surface area contributed by atoms with Crippen molar-refractivity contribution in [3.05, 3.63) is 35.4 Å². The van der Waals surface area contributed by atoms with Crippen molar-refractivity contribution < 1.29 is 14.6 Å². The highest BCUT2D eigenvalue weighted by Crippen LogP contribution is 2.18. The van der Waals surface area contributed by atoms with Gasteiger partial charge in [-0.25, -0.2) is 4.79 Å². The van der Waals surface area contributed by atoms with Crippen LogP contribution in [0.25, 0.3) is 0 Å². The van der Waals surface area contributed by atoms with Crippen molar-refractivity contribution in [2.24, 2.45) is 0 Å². The Morgan fingerprint density at radius 1 is 1.26 bits per heavy atom. The van der Waals surface area contributed by atoms with Gasteiger partial charge in [-0.2, -0.15) is 0 Å². The molecule has 0 aliphatic heterocycles. The fraction of sp³-hybridized carbons (Fsp3) is 0.533. The largest absolute Gasteiger partial charge is 0.478 e. The summed E-state index contributed by atoms with van der Waals surface area (Å²) in [6, 6.07) is 6.93. The molecule has 106 valence electrons. The molecule has 0 unspecified atom stereocenters. The smallest absolute Gasteiger partial charge is 0.335 e. The van der Waals surface area contributed by atoms with E-state index in [2.05, 4.69) is 19.2 Å². The lowest BCUT2D eigenvalue weighted by atomic mass is 9.97. The molecule has 0 radical (unpaired) electrons. The molecule has 0 amide bonds. The van der Waals surface area contributed by atoms with Gasteiger partial charge >= 0.3 is 5.97 Å². The zero-order valence-electron chi connectivity index (χ0n) is 11.9. The summed E-state index contributed by atoms with van der Waals surface area (Å²) in [7, 11) is 1.75. The molecule has 1 aromatic rings. The van der Waals surface area contributed by atoms with Gasteiger partial charge in [0.15, 0.2) is 0 Å². The normalized spacial score (nSPS) is 11.5. The van der Waals surface area contributed by atoms with Gasteiger partial charge < -0.3 is 15.2 Å². The van der Waals surface area contributed by atoms with E-state index >= 15 is 0 Å². The molecule has 0 fully saturated rings. The fourth-order valence-electron chi connectivity index (χ4n) is 2.06. The predicted octanol–water partition coefficient (Wildman–Crippen LogP) is 2.68. The predicted molar refractivity (Wildman–Crippen MR) is 75.4 cm³/mol. The molecular formula is C15H23NO3. The maximum Gasteiger partial charge on any atom is 0.335 e. The minimum absolute atomic E-state index is 0.110. The van der Waals surface area contributed by atoms with Crippen LogP contribution in [-0.2, 0) is 11.3 Å². The number of hydrogen-bond acceptors (Lipinski definition) is 3. The highest BCUT2D eigenvalue weighted by molar-refractivity contribution is 5.87. The molecule has 2 N–H and O–H groups in total. The van der Waals surface area contributed by atoms with Gasteiger partial charge in [0.05, 0.1) is 11.2 Å². The standard InChI is InChI=1S/C15H23NO3/c1-4-15(5-2,19-3)11-16-10-12-6-8-13(9-7-12)14(17)18/h6-9,16H,4-5,10-11H2,1-3H3,(H,17,18). The first kappa shape index (κ1) is 15.7. The molecule has 0 saturated heterocycles. The van der Waals surface area contributed by atoms with E-state index in [1.54, 1.807) is 19.2 Å². The Morgan fingerprint density at radius 2 is 1.84 bits per heavy atom. The van der Waals surface area contributed by atoms with Crippen LogP contribution in [0.3, 0.4) is 0 Å². The van der Waals surface area contributed by atoms with E-state index < -0.39 is 5.97 Å². The van der Waals surface area contributed by atoms with Crippen molar-refractivity contribution in [2.45, 2.75) is 38.8 Å². The van der Waals surface area contributed by atoms with Crippen LogP contribution in [0.15, 0.2) is 24.3 Å². The van der Waals surface area contributed by atoms with Gasteiger partial charge in [-0.15, -0.1) is 0 Å². The van der Waals surface area contributed by atoms with Gasteiger partial charge in [0.25, 0.3) is 0 Å². The summed E-state index contributed by atoms with van der Waals surface area (Å²) in [5, 5.41) is 12.2. The van der Waals surface area contributed by atoms with Crippen LogP contribution in [0.4, 0.5) is 0 Å².